The van der Waals surface area contributed by atoms with E-state index in [9.17, 15) is 29.1 Å². The second-order valence-corrected chi connectivity index (χ2v) is 12.8. The quantitative estimate of drug-likeness (QED) is 0.206. The number of carbonyl (C=O) groups excluding carboxylic acids is 4. The number of allylic oxidation sites excluding steroid dienone is 2. The largest absolute Gasteiger partial charge is 0.507 e. The van der Waals surface area contributed by atoms with Crippen LogP contribution in [0.4, 0.5) is 0 Å². The number of alkyl halides is 3. The van der Waals surface area contributed by atoms with Crippen molar-refractivity contribution in [2.75, 3.05) is 12.0 Å². The zero-order valence-electron chi connectivity index (χ0n) is 21.6. The number of hydrogen-bond acceptors (Lipinski definition) is 6. The normalized spacial score (nSPS) is 32.7. The number of benzene rings is 2. The molecule has 41 heavy (non-hydrogen) atoms. The van der Waals surface area contributed by atoms with E-state index in [1.165, 1.54) is 6.07 Å². The molecule has 214 valence electrons. The second-order valence-electron chi connectivity index (χ2n) is 11.0. The molecule has 12 heteroatoms. The minimum Gasteiger partial charge on any atom is -0.507 e. The maximum atomic E-state index is 13.9. The highest BCUT2D eigenvalue weighted by Gasteiger charge is 2.76. The highest BCUT2D eigenvalue weighted by Crippen LogP contribution is 2.66. The minimum atomic E-state index is -1.94. The van der Waals surface area contributed by atoms with E-state index in [1.807, 2.05) is 6.08 Å². The average Bonchev–Trinajstić information content (AvgIpc) is 3.27. The summed E-state index contributed by atoms with van der Waals surface area (Å²) >= 11 is 17.8. The monoisotopic (exact) mass is 662 g/mol. The predicted octanol–water partition coefficient (Wildman–Crippen LogP) is 4.12. The number of amides is 4. The van der Waals surface area contributed by atoms with Gasteiger partial charge in [-0.25, -0.2) is 0 Å². The molecule has 2 aliphatic carbocycles. The van der Waals surface area contributed by atoms with Crippen LogP contribution in [0.15, 0.2) is 48.0 Å². The number of aromatic hydroxyl groups is 1. The molecule has 4 aliphatic rings. The molecule has 6 atom stereocenters. The van der Waals surface area contributed by atoms with Crippen molar-refractivity contribution in [3.05, 3.63) is 53.6 Å². The Hall–Kier alpha value is -2.95. The van der Waals surface area contributed by atoms with Crippen molar-refractivity contribution in [2.45, 2.75) is 41.3 Å². The van der Waals surface area contributed by atoms with Crippen molar-refractivity contribution in [1.29, 1.82) is 0 Å². The molecular formula is C29H25BrCl2N2O7. The average molecular weight is 664 g/mol. The van der Waals surface area contributed by atoms with Gasteiger partial charge in [-0.1, -0.05) is 57.9 Å². The number of fused-ring (bicyclic) bond motifs is 5. The molecule has 2 aliphatic heterocycles. The van der Waals surface area contributed by atoms with Gasteiger partial charge in [0.1, 0.15) is 5.75 Å². The van der Waals surface area contributed by atoms with E-state index in [2.05, 4.69) is 15.9 Å². The summed E-state index contributed by atoms with van der Waals surface area (Å²) in [5.41, 5.74) is 1.10. The van der Waals surface area contributed by atoms with Crippen molar-refractivity contribution in [2.24, 2.45) is 17.8 Å². The van der Waals surface area contributed by atoms with Crippen molar-refractivity contribution < 1.29 is 34.2 Å². The summed E-state index contributed by atoms with van der Waals surface area (Å²) in [5.74, 6) is -6.31. The predicted molar refractivity (Wildman–Crippen MR) is 153 cm³/mol. The van der Waals surface area contributed by atoms with Crippen LogP contribution in [0, 0.1) is 17.8 Å². The van der Waals surface area contributed by atoms with Gasteiger partial charge in [0, 0.05) is 24.3 Å². The summed E-state index contributed by atoms with van der Waals surface area (Å²) in [7, 11) is 0. The third kappa shape index (κ3) is 3.76. The van der Waals surface area contributed by atoms with Crippen LogP contribution < -0.4 is 0 Å². The van der Waals surface area contributed by atoms with E-state index >= 15 is 0 Å². The van der Waals surface area contributed by atoms with E-state index in [4.69, 9.17) is 28.3 Å². The Morgan fingerprint density at radius 2 is 1.68 bits per heavy atom. The number of phenolic OH excluding ortho intramolecular Hbond substituents is 1. The fourth-order valence-corrected chi connectivity index (χ4v) is 8.75. The number of carbonyl (C=O) groups is 5. The third-order valence-electron chi connectivity index (χ3n) is 9.12. The van der Waals surface area contributed by atoms with Crippen LogP contribution in [0.2, 0.25) is 0 Å². The van der Waals surface area contributed by atoms with Gasteiger partial charge in [-0.3, -0.25) is 33.8 Å². The summed E-state index contributed by atoms with van der Waals surface area (Å²) in [6, 6.07) is 10.2. The molecule has 6 rings (SSSR count). The zero-order valence-corrected chi connectivity index (χ0v) is 24.7. The first-order valence-electron chi connectivity index (χ1n) is 13.2. The Balaban J connectivity index is 1.53. The van der Waals surface area contributed by atoms with Crippen LogP contribution in [0.25, 0.3) is 10.8 Å². The van der Waals surface area contributed by atoms with Gasteiger partial charge in [0.15, 0.2) is 9.75 Å². The number of imide groups is 2. The summed E-state index contributed by atoms with van der Waals surface area (Å²) in [4.78, 5) is 64.1. The van der Waals surface area contributed by atoms with Crippen molar-refractivity contribution in [3.8, 4) is 5.75 Å². The Morgan fingerprint density at radius 3 is 2.37 bits per heavy atom. The molecule has 4 amide bonds. The number of hydrogen-bond donors (Lipinski definition) is 2. The molecule has 0 spiro atoms. The lowest BCUT2D eigenvalue weighted by molar-refractivity contribution is -0.142. The third-order valence-corrected chi connectivity index (χ3v) is 11.0. The number of halogens is 3. The van der Waals surface area contributed by atoms with E-state index in [0.29, 0.717) is 21.9 Å². The molecule has 2 N–H and O–H groups in total. The molecule has 3 fully saturated rings. The van der Waals surface area contributed by atoms with Gasteiger partial charge in [0.05, 0.1) is 17.3 Å². The molecular weight excluding hydrogens is 639 g/mol. The highest BCUT2D eigenvalue weighted by molar-refractivity contribution is 9.09. The van der Waals surface area contributed by atoms with Crippen LogP contribution >= 0.6 is 39.1 Å². The number of rotatable bonds is 6. The van der Waals surface area contributed by atoms with Crippen molar-refractivity contribution in [1.82, 2.24) is 9.80 Å². The van der Waals surface area contributed by atoms with Crippen LogP contribution in [0.3, 0.4) is 0 Å². The van der Waals surface area contributed by atoms with E-state index in [0.717, 1.165) is 9.80 Å². The first kappa shape index (κ1) is 28.2. The Morgan fingerprint density at radius 1 is 0.976 bits per heavy atom. The Bertz CT molecular complexity index is 1580. The summed E-state index contributed by atoms with van der Waals surface area (Å²) in [5, 5.41) is 20.8. The molecule has 0 unspecified atom stereocenters. The summed E-state index contributed by atoms with van der Waals surface area (Å²) < 4.78 is 0. The van der Waals surface area contributed by atoms with Crippen molar-refractivity contribution in [3.63, 3.8) is 0 Å². The number of carboxylic acid groups (broad SMARTS) is 1. The van der Waals surface area contributed by atoms with Gasteiger partial charge < -0.3 is 10.2 Å². The molecule has 0 bridgehead atoms. The molecule has 2 saturated heterocycles. The first-order valence-corrected chi connectivity index (χ1v) is 15.1. The molecule has 2 aromatic rings. The smallest absolute Gasteiger partial charge is 0.303 e. The van der Waals surface area contributed by atoms with Crippen LogP contribution in [0.1, 0.15) is 37.2 Å². The van der Waals surface area contributed by atoms with Crippen LogP contribution in [-0.2, 0) is 24.0 Å². The SMILES string of the molecule is O=C(O)CCCN1C(=O)[C@H]2[C@H](CC=C3[C@H]2C[C@@]2(Cl)C(=O)N(CBr)C(=O)[C@@]2(Cl)[C@H]3c2ccc(O)c3ccccc23)C1=O. The Labute approximate surface area is 253 Å². The van der Waals surface area contributed by atoms with Gasteiger partial charge in [0.2, 0.25) is 11.8 Å². The minimum absolute atomic E-state index is 0.0225. The Kier molecular flexibility index (Phi) is 6.75. The van der Waals surface area contributed by atoms with Gasteiger partial charge in [-0.05, 0) is 42.2 Å². The maximum Gasteiger partial charge on any atom is 0.303 e. The standard InChI is InChI=1S/C29H25BrCl2N2O7/c30-13-34-26(40)28(31)12-19-17(7-8-18-22(19)25(39)33(24(18)38)11-3-6-21(36)37)23(29(28,32)27(34)41)16-9-10-20(35)15-5-2-1-4-14(15)16/h1-2,4-5,7,9-10,18-19,22-23,35H,3,6,8,11-13H2,(H,36,37)/t18-,19+,22-,23-,28+,29-/m0/s1. The number of nitrogens with zero attached hydrogens (tertiary/aromatic N) is 2. The lowest BCUT2D eigenvalue weighted by atomic mass is 9.56. The van der Waals surface area contributed by atoms with Crippen LogP contribution in [-0.4, -0.2) is 71.4 Å². The number of phenols is 1. The number of carboxylic acids is 1. The summed E-state index contributed by atoms with van der Waals surface area (Å²) in [6.45, 7) is -0.0225. The van der Waals surface area contributed by atoms with Crippen molar-refractivity contribution >= 4 is 79.5 Å². The van der Waals surface area contributed by atoms with Gasteiger partial charge in [0.25, 0.3) is 11.8 Å². The second kappa shape index (κ2) is 9.81. The molecule has 1 saturated carbocycles. The highest BCUT2D eigenvalue weighted by atomic mass is 79.9. The molecule has 9 nitrogen and oxygen atoms in total. The molecule has 2 aromatic carbocycles. The zero-order chi connectivity index (χ0) is 29.4. The number of likely N-dealkylation sites (tertiary alicyclic amines) is 2. The molecule has 0 aromatic heterocycles. The molecule has 0 radical (unpaired) electrons. The number of aliphatic carboxylic acids is 1. The fraction of sp³-hybridized carbons (Fsp3) is 0.414. The maximum absolute atomic E-state index is 13.9. The van der Waals surface area contributed by atoms with E-state index in [1.54, 1.807) is 30.3 Å². The topological polar surface area (TPSA) is 132 Å². The molecule has 2 heterocycles. The van der Waals surface area contributed by atoms with Gasteiger partial charge in [-0.15, -0.1) is 23.2 Å². The summed E-state index contributed by atoms with van der Waals surface area (Å²) in [6.07, 6.45) is 1.87. The van der Waals surface area contributed by atoms with Crippen LogP contribution in [0.5, 0.6) is 5.75 Å². The fourth-order valence-electron chi connectivity index (χ4n) is 7.33. The van der Waals surface area contributed by atoms with E-state index in [-0.39, 0.29) is 49.3 Å². The lowest BCUT2D eigenvalue weighted by Crippen LogP contribution is -2.60. The van der Waals surface area contributed by atoms with E-state index < -0.39 is 57.1 Å². The first-order chi connectivity index (χ1) is 19.5. The lowest BCUT2D eigenvalue weighted by Gasteiger charge is -2.51. The van der Waals surface area contributed by atoms with Gasteiger partial charge in [-0.2, -0.15) is 0 Å². The van der Waals surface area contributed by atoms with Gasteiger partial charge >= 0.3 is 5.97 Å².